The van der Waals surface area contributed by atoms with Gasteiger partial charge in [-0.2, -0.15) is 0 Å². The minimum Gasteiger partial charge on any atom is -0.267 e. The number of nitrogens with zero attached hydrogens (tertiary/aromatic N) is 1. The third-order valence-electron chi connectivity index (χ3n) is 1.48. The van der Waals surface area contributed by atoms with Crippen molar-refractivity contribution in [3.05, 3.63) is 34.9 Å². The molecule has 1 aromatic rings. The van der Waals surface area contributed by atoms with Crippen LogP contribution in [0.15, 0.2) is 24.3 Å². The molecule has 0 fully saturated rings. The van der Waals surface area contributed by atoms with Crippen molar-refractivity contribution in [3.63, 3.8) is 0 Å². The average molecular weight is 197 g/mol. The van der Waals surface area contributed by atoms with Crippen molar-refractivity contribution in [2.24, 2.45) is 0 Å². The summed E-state index contributed by atoms with van der Waals surface area (Å²) in [6, 6.07) is 6.92. The number of carbonyl (C=O) groups is 1. The van der Waals surface area contributed by atoms with Gasteiger partial charge < -0.3 is 0 Å². The van der Waals surface area contributed by atoms with Crippen molar-refractivity contribution < 1.29 is 4.79 Å². The van der Waals surface area contributed by atoms with Gasteiger partial charge in [0.2, 0.25) is 0 Å². The summed E-state index contributed by atoms with van der Waals surface area (Å²) in [5, 5.41) is 4.34. The molecule has 1 aromatic carbocycles. The molecule has 0 spiro atoms. The van der Waals surface area contributed by atoms with Crippen LogP contribution in [0.4, 0.5) is 0 Å². The van der Waals surface area contributed by atoms with Crippen LogP contribution < -0.4 is 5.32 Å². The molecule has 0 N–H and O–H groups in total. The van der Waals surface area contributed by atoms with Crippen molar-refractivity contribution in [2.45, 2.75) is 19.9 Å². The van der Waals surface area contributed by atoms with Crippen LogP contribution in [0.2, 0.25) is 5.02 Å². The highest BCUT2D eigenvalue weighted by Gasteiger charge is 2.11. The maximum Gasteiger partial charge on any atom is 0.274 e. The minimum absolute atomic E-state index is 0.00349. The Morgan fingerprint density at radius 1 is 1.38 bits per heavy atom. The zero-order valence-electron chi connectivity index (χ0n) is 7.62. The zero-order valence-corrected chi connectivity index (χ0v) is 8.38. The lowest BCUT2D eigenvalue weighted by Gasteiger charge is -2.05. The van der Waals surface area contributed by atoms with Crippen molar-refractivity contribution in [3.8, 4) is 0 Å². The minimum atomic E-state index is -0.249. The molecule has 0 aliphatic rings. The number of carbonyl (C=O) groups excluding carboxylic acids is 1. The van der Waals surface area contributed by atoms with Gasteiger partial charge in [-0.05, 0) is 26.0 Å². The molecule has 1 radical (unpaired) electrons. The summed E-state index contributed by atoms with van der Waals surface area (Å²) < 4.78 is 0. The van der Waals surface area contributed by atoms with E-state index in [1.165, 1.54) is 0 Å². The van der Waals surface area contributed by atoms with E-state index in [1.54, 1.807) is 24.3 Å². The van der Waals surface area contributed by atoms with E-state index in [-0.39, 0.29) is 11.9 Å². The van der Waals surface area contributed by atoms with Gasteiger partial charge in [0.25, 0.3) is 5.91 Å². The summed E-state index contributed by atoms with van der Waals surface area (Å²) in [4.78, 5) is 11.4. The first-order chi connectivity index (χ1) is 6.11. The topological polar surface area (TPSA) is 31.2 Å². The fraction of sp³-hybridized carbons (Fsp3) is 0.300. The fourth-order valence-electron chi connectivity index (χ4n) is 0.939. The van der Waals surface area contributed by atoms with Crippen LogP contribution >= 0.6 is 11.6 Å². The van der Waals surface area contributed by atoms with Gasteiger partial charge in [-0.15, -0.1) is 0 Å². The third-order valence-corrected chi connectivity index (χ3v) is 1.81. The highest BCUT2D eigenvalue weighted by molar-refractivity contribution is 6.33. The van der Waals surface area contributed by atoms with Gasteiger partial charge in [-0.1, -0.05) is 23.7 Å². The van der Waals surface area contributed by atoms with E-state index in [2.05, 4.69) is 5.32 Å². The molecule has 0 saturated heterocycles. The Bertz CT molecular complexity index is 310. The molecule has 0 atom stereocenters. The number of rotatable bonds is 2. The molecule has 0 saturated carbocycles. The summed E-state index contributed by atoms with van der Waals surface area (Å²) in [6.07, 6.45) is 0. The van der Waals surface area contributed by atoms with Gasteiger partial charge in [0.05, 0.1) is 10.6 Å². The van der Waals surface area contributed by atoms with Crippen LogP contribution in [-0.4, -0.2) is 11.9 Å². The smallest absolute Gasteiger partial charge is 0.267 e. The first-order valence-corrected chi connectivity index (χ1v) is 4.48. The fourth-order valence-corrected chi connectivity index (χ4v) is 1.16. The van der Waals surface area contributed by atoms with E-state index in [9.17, 15) is 4.79 Å². The van der Waals surface area contributed by atoms with Gasteiger partial charge in [0.15, 0.2) is 0 Å². The van der Waals surface area contributed by atoms with Crippen LogP contribution in [0.3, 0.4) is 0 Å². The Hall–Kier alpha value is -1.02. The van der Waals surface area contributed by atoms with Crippen LogP contribution in [0.25, 0.3) is 0 Å². The van der Waals surface area contributed by atoms with Gasteiger partial charge in [-0.25, -0.2) is 5.32 Å². The Kier molecular flexibility index (Phi) is 3.32. The monoisotopic (exact) mass is 196 g/mol. The van der Waals surface area contributed by atoms with Crippen LogP contribution in [0, 0.1) is 0 Å². The first kappa shape index (κ1) is 10.1. The lowest BCUT2D eigenvalue weighted by atomic mass is 10.2. The molecule has 0 aromatic heterocycles. The summed E-state index contributed by atoms with van der Waals surface area (Å²) in [5.41, 5.74) is 0.470. The third kappa shape index (κ3) is 2.74. The molecule has 0 aliphatic carbocycles. The highest BCUT2D eigenvalue weighted by atomic mass is 35.5. The van der Waals surface area contributed by atoms with E-state index in [0.717, 1.165) is 0 Å². The lowest BCUT2D eigenvalue weighted by molar-refractivity contribution is 0.0938. The second-order valence-corrected chi connectivity index (χ2v) is 3.42. The second kappa shape index (κ2) is 4.28. The number of hydrogen-bond donors (Lipinski definition) is 0. The Balaban J connectivity index is 2.83. The summed E-state index contributed by atoms with van der Waals surface area (Å²) in [5.74, 6) is -0.249. The van der Waals surface area contributed by atoms with E-state index < -0.39 is 0 Å². The Morgan fingerprint density at radius 3 is 2.54 bits per heavy atom. The normalized spacial score (nSPS) is 10.2. The number of benzene rings is 1. The highest BCUT2D eigenvalue weighted by Crippen LogP contribution is 2.14. The van der Waals surface area contributed by atoms with E-state index >= 15 is 0 Å². The molecule has 1 rings (SSSR count). The molecule has 0 bridgehead atoms. The summed E-state index contributed by atoms with van der Waals surface area (Å²) in [7, 11) is 0. The van der Waals surface area contributed by atoms with Crippen molar-refractivity contribution in [1.82, 2.24) is 5.32 Å². The van der Waals surface area contributed by atoms with E-state index in [1.807, 2.05) is 13.8 Å². The first-order valence-electron chi connectivity index (χ1n) is 4.11. The molecule has 0 unspecified atom stereocenters. The van der Waals surface area contributed by atoms with Gasteiger partial charge >= 0.3 is 0 Å². The van der Waals surface area contributed by atoms with Crippen molar-refractivity contribution in [2.75, 3.05) is 0 Å². The predicted octanol–water partition coefficient (Wildman–Crippen LogP) is 2.49. The molecular formula is C10H11ClNO. The number of hydrogen-bond acceptors (Lipinski definition) is 1. The largest absolute Gasteiger partial charge is 0.274 e. The Morgan fingerprint density at radius 2 is 2.00 bits per heavy atom. The maximum atomic E-state index is 11.4. The predicted molar refractivity (Wildman–Crippen MR) is 53.1 cm³/mol. The van der Waals surface area contributed by atoms with Crippen molar-refractivity contribution in [1.29, 1.82) is 0 Å². The quantitative estimate of drug-likeness (QED) is 0.715. The second-order valence-electron chi connectivity index (χ2n) is 3.01. The zero-order chi connectivity index (χ0) is 9.84. The summed E-state index contributed by atoms with van der Waals surface area (Å²) >= 11 is 5.82. The maximum absolute atomic E-state index is 11.4. The van der Waals surface area contributed by atoms with Crippen LogP contribution in [0.5, 0.6) is 0 Å². The van der Waals surface area contributed by atoms with Crippen LogP contribution in [-0.2, 0) is 0 Å². The van der Waals surface area contributed by atoms with Gasteiger partial charge in [0.1, 0.15) is 0 Å². The SMILES string of the molecule is CC(C)[N]C(=O)c1ccccc1Cl. The summed E-state index contributed by atoms with van der Waals surface area (Å²) in [6.45, 7) is 3.71. The molecule has 1 amide bonds. The van der Waals surface area contributed by atoms with Crippen molar-refractivity contribution >= 4 is 17.5 Å². The van der Waals surface area contributed by atoms with Crippen LogP contribution in [0.1, 0.15) is 24.2 Å². The lowest BCUT2D eigenvalue weighted by Crippen LogP contribution is -2.22. The molecule has 0 heterocycles. The molecule has 0 aliphatic heterocycles. The molecular weight excluding hydrogens is 186 g/mol. The average Bonchev–Trinajstić information content (AvgIpc) is 2.03. The van der Waals surface area contributed by atoms with E-state index in [4.69, 9.17) is 11.6 Å². The Labute approximate surface area is 82.9 Å². The molecule has 3 heteroatoms. The number of amides is 1. The number of halogens is 1. The van der Waals surface area contributed by atoms with Gasteiger partial charge in [-0.3, -0.25) is 4.79 Å². The standard InChI is InChI=1S/C10H11ClNO/c1-7(2)12-10(13)8-5-3-4-6-9(8)11/h3-7H,1-2H3. The molecule has 2 nitrogen and oxygen atoms in total. The van der Waals surface area contributed by atoms with E-state index in [0.29, 0.717) is 10.6 Å². The van der Waals surface area contributed by atoms with Gasteiger partial charge in [0, 0.05) is 6.04 Å². The molecule has 69 valence electrons. The molecule has 13 heavy (non-hydrogen) atoms.